The summed E-state index contributed by atoms with van der Waals surface area (Å²) in [5, 5.41) is 0.886. The Morgan fingerprint density at radius 3 is 2.42 bits per heavy atom. The van der Waals surface area contributed by atoms with Gasteiger partial charge in [0, 0.05) is 5.02 Å². The summed E-state index contributed by atoms with van der Waals surface area (Å²) in [4.78, 5) is 0. The molecule has 0 bridgehead atoms. The molecule has 0 radical (unpaired) electrons. The van der Waals surface area contributed by atoms with Gasteiger partial charge in [-0.1, -0.05) is 67.9 Å². The van der Waals surface area contributed by atoms with Gasteiger partial charge in [-0.25, -0.2) is 0 Å². The van der Waals surface area contributed by atoms with E-state index in [0.29, 0.717) is 5.92 Å². The second-order valence-corrected chi connectivity index (χ2v) is 5.69. The highest BCUT2D eigenvalue weighted by molar-refractivity contribution is 6.31. The first-order valence-electron chi connectivity index (χ1n) is 7.00. The largest absolute Gasteiger partial charge is 0.0840 e. The van der Waals surface area contributed by atoms with Crippen LogP contribution in [0.2, 0.25) is 5.02 Å². The predicted molar refractivity (Wildman–Crippen MR) is 83.8 cm³/mol. The molecular formula is C18H21Cl. The Morgan fingerprint density at radius 2 is 1.68 bits per heavy atom. The zero-order valence-electron chi connectivity index (χ0n) is 11.7. The highest BCUT2D eigenvalue weighted by Gasteiger charge is 2.08. The van der Waals surface area contributed by atoms with E-state index in [-0.39, 0.29) is 0 Å². The maximum Gasteiger partial charge on any atom is 0.0438 e. The summed E-state index contributed by atoms with van der Waals surface area (Å²) in [6.07, 6.45) is 3.25. The normalized spacial score (nSPS) is 12.4. The second kappa shape index (κ2) is 6.77. The minimum Gasteiger partial charge on any atom is -0.0840 e. The van der Waals surface area contributed by atoms with Crippen LogP contribution >= 0.6 is 11.6 Å². The van der Waals surface area contributed by atoms with Crippen molar-refractivity contribution >= 4 is 11.6 Å². The van der Waals surface area contributed by atoms with Crippen molar-refractivity contribution in [1.82, 2.24) is 0 Å². The SMILES string of the molecule is CCc1cccc(CC(C)Cc2ccccc2Cl)c1. The maximum atomic E-state index is 6.22. The van der Waals surface area contributed by atoms with Crippen LogP contribution in [0.3, 0.4) is 0 Å². The van der Waals surface area contributed by atoms with Gasteiger partial charge in [0.25, 0.3) is 0 Å². The van der Waals surface area contributed by atoms with Crippen LogP contribution in [0.15, 0.2) is 48.5 Å². The lowest BCUT2D eigenvalue weighted by Crippen LogP contribution is -2.04. The van der Waals surface area contributed by atoms with Gasteiger partial charge in [0.2, 0.25) is 0 Å². The Bertz CT molecular complexity index is 531. The van der Waals surface area contributed by atoms with Crippen LogP contribution < -0.4 is 0 Å². The Morgan fingerprint density at radius 1 is 0.947 bits per heavy atom. The van der Waals surface area contributed by atoms with Crippen LogP contribution in [0.4, 0.5) is 0 Å². The lowest BCUT2D eigenvalue weighted by atomic mass is 9.93. The molecule has 0 aliphatic carbocycles. The summed E-state index contributed by atoms with van der Waals surface area (Å²) < 4.78 is 0. The van der Waals surface area contributed by atoms with Crippen molar-refractivity contribution in [1.29, 1.82) is 0 Å². The van der Waals surface area contributed by atoms with E-state index in [9.17, 15) is 0 Å². The minimum absolute atomic E-state index is 0.604. The summed E-state index contributed by atoms with van der Waals surface area (Å²) in [7, 11) is 0. The average Bonchev–Trinajstić information content (AvgIpc) is 2.41. The van der Waals surface area contributed by atoms with Crippen molar-refractivity contribution in [2.75, 3.05) is 0 Å². The fourth-order valence-electron chi connectivity index (χ4n) is 2.49. The second-order valence-electron chi connectivity index (χ2n) is 5.28. The van der Waals surface area contributed by atoms with E-state index in [1.165, 1.54) is 16.7 Å². The molecule has 1 atom stereocenters. The fourth-order valence-corrected chi connectivity index (χ4v) is 2.70. The fraction of sp³-hybridized carbons (Fsp3) is 0.333. The number of hydrogen-bond acceptors (Lipinski definition) is 0. The Balaban J connectivity index is 2.01. The molecule has 1 unspecified atom stereocenters. The highest BCUT2D eigenvalue weighted by Crippen LogP contribution is 2.21. The monoisotopic (exact) mass is 272 g/mol. The lowest BCUT2D eigenvalue weighted by molar-refractivity contribution is 0.577. The molecule has 0 saturated carbocycles. The smallest absolute Gasteiger partial charge is 0.0438 e. The quantitative estimate of drug-likeness (QED) is 0.691. The Kier molecular flexibility index (Phi) is 5.04. The molecule has 0 amide bonds. The molecule has 0 spiro atoms. The van der Waals surface area contributed by atoms with E-state index < -0.39 is 0 Å². The molecule has 19 heavy (non-hydrogen) atoms. The molecular weight excluding hydrogens is 252 g/mol. The van der Waals surface area contributed by atoms with Crippen LogP contribution in [0.5, 0.6) is 0 Å². The number of halogens is 1. The van der Waals surface area contributed by atoms with E-state index in [1.54, 1.807) is 0 Å². The van der Waals surface area contributed by atoms with Crippen LogP contribution in [-0.4, -0.2) is 0 Å². The molecule has 1 heteroatoms. The molecule has 0 heterocycles. The van der Waals surface area contributed by atoms with Crippen molar-refractivity contribution in [2.24, 2.45) is 5.92 Å². The minimum atomic E-state index is 0.604. The van der Waals surface area contributed by atoms with E-state index in [4.69, 9.17) is 11.6 Å². The molecule has 0 aliphatic rings. The summed E-state index contributed by atoms with van der Waals surface area (Å²) >= 11 is 6.22. The first-order chi connectivity index (χ1) is 9.19. The van der Waals surface area contributed by atoms with Crippen LogP contribution in [0.1, 0.15) is 30.5 Å². The Hall–Kier alpha value is -1.27. The Labute approximate surface area is 121 Å². The van der Waals surface area contributed by atoms with Gasteiger partial charge in [0.1, 0.15) is 0 Å². The number of hydrogen-bond donors (Lipinski definition) is 0. The third kappa shape index (κ3) is 4.11. The van der Waals surface area contributed by atoms with Crippen LogP contribution in [-0.2, 0) is 19.3 Å². The number of benzene rings is 2. The molecule has 2 aromatic carbocycles. The standard InChI is InChI=1S/C18H21Cl/c1-3-15-7-6-8-16(13-15)11-14(2)12-17-9-4-5-10-18(17)19/h4-10,13-14H,3,11-12H2,1-2H3. The van der Waals surface area contributed by atoms with Gasteiger partial charge >= 0.3 is 0 Å². The van der Waals surface area contributed by atoms with Gasteiger partial charge in [-0.15, -0.1) is 0 Å². The van der Waals surface area contributed by atoms with Gasteiger partial charge < -0.3 is 0 Å². The molecule has 0 saturated heterocycles. The van der Waals surface area contributed by atoms with Crippen molar-refractivity contribution in [2.45, 2.75) is 33.1 Å². The third-order valence-corrected chi connectivity index (χ3v) is 3.88. The molecule has 0 nitrogen and oxygen atoms in total. The molecule has 2 rings (SSSR count). The molecule has 2 aromatic rings. The maximum absolute atomic E-state index is 6.22. The number of rotatable bonds is 5. The molecule has 100 valence electrons. The van der Waals surface area contributed by atoms with E-state index in [1.807, 2.05) is 12.1 Å². The van der Waals surface area contributed by atoms with E-state index in [2.05, 4.69) is 50.2 Å². The van der Waals surface area contributed by atoms with Crippen molar-refractivity contribution in [3.05, 3.63) is 70.2 Å². The average molecular weight is 273 g/mol. The first kappa shape index (κ1) is 14.1. The van der Waals surface area contributed by atoms with Gasteiger partial charge in [0.15, 0.2) is 0 Å². The topological polar surface area (TPSA) is 0 Å². The van der Waals surface area contributed by atoms with Crippen molar-refractivity contribution < 1.29 is 0 Å². The van der Waals surface area contributed by atoms with Crippen molar-refractivity contribution in [3.8, 4) is 0 Å². The van der Waals surface area contributed by atoms with Gasteiger partial charge in [-0.05, 0) is 47.9 Å². The summed E-state index contributed by atoms with van der Waals surface area (Å²) in [5.74, 6) is 0.604. The molecule has 0 fully saturated rings. The first-order valence-corrected chi connectivity index (χ1v) is 7.38. The van der Waals surface area contributed by atoms with Crippen molar-refractivity contribution in [3.63, 3.8) is 0 Å². The zero-order valence-corrected chi connectivity index (χ0v) is 12.5. The molecule has 0 aromatic heterocycles. The van der Waals surface area contributed by atoms with Crippen LogP contribution in [0.25, 0.3) is 0 Å². The predicted octanol–water partition coefficient (Wildman–Crippen LogP) is 5.32. The van der Waals surface area contributed by atoms with E-state index >= 15 is 0 Å². The summed E-state index contributed by atoms with van der Waals surface area (Å²) in [6, 6.07) is 17.1. The van der Waals surface area contributed by atoms with Gasteiger partial charge in [0.05, 0.1) is 0 Å². The summed E-state index contributed by atoms with van der Waals surface area (Å²) in [6.45, 7) is 4.49. The summed E-state index contributed by atoms with van der Waals surface area (Å²) in [5.41, 5.74) is 4.10. The molecule has 0 N–H and O–H groups in total. The van der Waals surface area contributed by atoms with Gasteiger partial charge in [-0.3, -0.25) is 0 Å². The van der Waals surface area contributed by atoms with E-state index in [0.717, 1.165) is 24.3 Å². The molecule has 0 aliphatic heterocycles. The zero-order chi connectivity index (χ0) is 13.7. The lowest BCUT2D eigenvalue weighted by Gasteiger charge is -2.13. The van der Waals surface area contributed by atoms with Gasteiger partial charge in [-0.2, -0.15) is 0 Å². The number of aryl methyl sites for hydroxylation is 1. The highest BCUT2D eigenvalue weighted by atomic mass is 35.5. The third-order valence-electron chi connectivity index (χ3n) is 3.51. The van der Waals surface area contributed by atoms with Crippen LogP contribution in [0, 0.1) is 5.92 Å².